The molecule has 21 heavy (non-hydrogen) atoms. The topological polar surface area (TPSA) is 50.4 Å². The van der Waals surface area contributed by atoms with Crippen LogP contribution in [0.25, 0.3) is 0 Å². The van der Waals surface area contributed by atoms with E-state index in [1.165, 1.54) is 6.07 Å². The minimum Gasteiger partial charge on any atom is -0.362 e. The van der Waals surface area contributed by atoms with E-state index in [-0.39, 0.29) is 0 Å². The minimum absolute atomic E-state index is 0.436. The summed E-state index contributed by atoms with van der Waals surface area (Å²) in [4.78, 5) is 11.1. The van der Waals surface area contributed by atoms with Crippen LogP contribution in [0.3, 0.4) is 0 Å². The number of hydrogen-bond donors (Lipinski definition) is 2. The van der Waals surface area contributed by atoms with Gasteiger partial charge in [0.15, 0.2) is 0 Å². The third-order valence-corrected chi connectivity index (χ3v) is 2.07. The average molecular weight is 316 g/mol. The fourth-order valence-corrected chi connectivity index (χ4v) is 1.27. The number of carbonyl (C=O) groups is 1. The first-order chi connectivity index (χ1) is 9.59. The fraction of sp³-hybridized carbons (Fsp3) is 0.364. The first kappa shape index (κ1) is 17.1. The summed E-state index contributed by atoms with van der Waals surface area (Å²) in [5.41, 5.74) is 2.34. The van der Waals surface area contributed by atoms with Crippen LogP contribution in [0.1, 0.15) is 5.56 Å². The molecule has 118 valence electrons. The maximum Gasteiger partial charge on any atom is 0.418 e. The average Bonchev–Trinajstić information content (AvgIpc) is 2.34. The van der Waals surface area contributed by atoms with Crippen molar-refractivity contribution >= 4 is 11.6 Å². The number of ether oxygens (including phenoxy) is 1. The lowest BCUT2D eigenvalue weighted by atomic mass is 10.2. The summed E-state index contributed by atoms with van der Waals surface area (Å²) >= 11 is 0. The second-order valence-corrected chi connectivity index (χ2v) is 3.82. The molecule has 0 saturated heterocycles. The van der Waals surface area contributed by atoms with E-state index >= 15 is 0 Å². The van der Waals surface area contributed by atoms with Crippen LogP contribution in [0.5, 0.6) is 0 Å². The Morgan fingerprint density at radius 3 is 2.29 bits per heavy atom. The van der Waals surface area contributed by atoms with Crippen molar-refractivity contribution in [1.82, 2.24) is 5.43 Å². The Hall–Kier alpha value is -1.97. The van der Waals surface area contributed by atoms with Gasteiger partial charge in [0.2, 0.25) is 0 Å². The Bertz CT molecular complexity index is 486. The summed E-state index contributed by atoms with van der Waals surface area (Å²) in [6.07, 6.45) is -9.22. The van der Waals surface area contributed by atoms with E-state index in [4.69, 9.17) is 0 Å². The first-order valence-corrected chi connectivity index (χ1v) is 5.45. The molecule has 0 aliphatic carbocycles. The quantitative estimate of drug-likeness (QED) is 0.649. The van der Waals surface area contributed by atoms with E-state index in [9.17, 15) is 31.1 Å². The molecule has 1 aromatic carbocycles. The van der Waals surface area contributed by atoms with Crippen molar-refractivity contribution in [2.45, 2.75) is 12.4 Å². The number of para-hydroxylation sites is 1. The molecule has 10 heteroatoms. The van der Waals surface area contributed by atoms with Crippen molar-refractivity contribution in [3.05, 3.63) is 29.8 Å². The number of anilines is 1. The number of rotatable bonds is 5. The number of alkyl halides is 6. The van der Waals surface area contributed by atoms with E-state index in [2.05, 4.69) is 4.74 Å². The highest BCUT2D eigenvalue weighted by Crippen LogP contribution is 2.34. The van der Waals surface area contributed by atoms with E-state index < -0.39 is 42.7 Å². The van der Waals surface area contributed by atoms with Gasteiger partial charge in [0, 0.05) is 0 Å². The fourth-order valence-electron chi connectivity index (χ4n) is 1.27. The number of nitrogens with one attached hydrogen (secondary N) is 2. The molecule has 1 rings (SSSR count). The van der Waals surface area contributed by atoms with E-state index in [0.29, 0.717) is 0 Å². The summed E-state index contributed by atoms with van der Waals surface area (Å²) in [5.74, 6) is -1.05. The molecule has 0 radical (unpaired) electrons. The Kier molecular flexibility index (Phi) is 5.41. The largest absolute Gasteiger partial charge is 0.418 e. The Balaban J connectivity index is 2.51. The van der Waals surface area contributed by atoms with Crippen molar-refractivity contribution in [2.75, 3.05) is 18.6 Å². The SMILES string of the molecule is O=C(COCC(F)(F)F)NNc1ccccc1C(F)(F)F. The number of hydrazine groups is 1. The van der Waals surface area contributed by atoms with Gasteiger partial charge >= 0.3 is 12.4 Å². The van der Waals surface area contributed by atoms with Crippen LogP contribution >= 0.6 is 0 Å². The summed E-state index contributed by atoms with van der Waals surface area (Å²) in [7, 11) is 0. The molecule has 0 unspecified atom stereocenters. The van der Waals surface area contributed by atoms with Gasteiger partial charge in [0.05, 0.1) is 11.3 Å². The predicted octanol–water partition coefficient (Wildman–Crippen LogP) is 2.73. The molecule has 4 nitrogen and oxygen atoms in total. The smallest absolute Gasteiger partial charge is 0.362 e. The number of amides is 1. The highest BCUT2D eigenvalue weighted by molar-refractivity contribution is 5.78. The van der Waals surface area contributed by atoms with Crippen molar-refractivity contribution < 1.29 is 35.9 Å². The molecule has 2 N–H and O–H groups in total. The highest BCUT2D eigenvalue weighted by atomic mass is 19.4. The van der Waals surface area contributed by atoms with Gasteiger partial charge in [-0.25, -0.2) is 0 Å². The van der Waals surface area contributed by atoms with E-state index in [1.807, 2.05) is 10.9 Å². The van der Waals surface area contributed by atoms with Crippen LogP contribution in [0, 0.1) is 0 Å². The zero-order valence-electron chi connectivity index (χ0n) is 10.3. The zero-order valence-corrected chi connectivity index (χ0v) is 10.3. The molecule has 0 aliphatic heterocycles. The van der Waals surface area contributed by atoms with Crippen LogP contribution in [0.2, 0.25) is 0 Å². The molecule has 0 aromatic heterocycles. The molecule has 0 fully saturated rings. The normalized spacial score (nSPS) is 12.1. The van der Waals surface area contributed by atoms with Crippen molar-refractivity contribution in [1.29, 1.82) is 0 Å². The molecular weight excluding hydrogens is 306 g/mol. The summed E-state index contributed by atoms with van der Waals surface area (Å²) in [5, 5.41) is 0. The second-order valence-electron chi connectivity index (χ2n) is 3.82. The van der Waals surface area contributed by atoms with Gasteiger partial charge in [-0.2, -0.15) is 26.3 Å². The van der Waals surface area contributed by atoms with Crippen molar-refractivity contribution in [3.8, 4) is 0 Å². The molecule has 0 atom stereocenters. The van der Waals surface area contributed by atoms with Crippen LogP contribution < -0.4 is 10.9 Å². The summed E-state index contributed by atoms with van der Waals surface area (Å²) < 4.78 is 77.1. The third kappa shape index (κ3) is 6.34. The number of hydrogen-bond acceptors (Lipinski definition) is 3. The van der Waals surface area contributed by atoms with Crippen LogP contribution in [-0.2, 0) is 15.7 Å². The third-order valence-electron chi connectivity index (χ3n) is 2.07. The lowest BCUT2D eigenvalue weighted by molar-refractivity contribution is -0.175. The molecule has 0 spiro atoms. The standard InChI is InChI=1S/C11H10F6N2O2/c12-10(13,14)6-21-5-9(20)19-18-8-4-2-1-3-7(8)11(15,16)17/h1-4,18H,5-6H2,(H,19,20). The van der Waals surface area contributed by atoms with Crippen LogP contribution in [-0.4, -0.2) is 25.3 Å². The maximum atomic E-state index is 12.6. The predicted molar refractivity (Wildman–Crippen MR) is 60.1 cm³/mol. The lowest BCUT2D eigenvalue weighted by Gasteiger charge is -2.15. The lowest BCUT2D eigenvalue weighted by Crippen LogP contribution is -2.34. The van der Waals surface area contributed by atoms with Gasteiger partial charge in [-0.15, -0.1) is 0 Å². The number of benzene rings is 1. The molecule has 0 aliphatic rings. The number of halogens is 6. The van der Waals surface area contributed by atoms with Gasteiger partial charge in [-0.3, -0.25) is 15.6 Å². The highest BCUT2D eigenvalue weighted by Gasteiger charge is 2.33. The molecular formula is C11H10F6N2O2. The molecule has 1 aromatic rings. The van der Waals surface area contributed by atoms with Crippen molar-refractivity contribution in [2.24, 2.45) is 0 Å². The van der Waals surface area contributed by atoms with Gasteiger partial charge < -0.3 is 4.74 Å². The molecule has 0 heterocycles. The monoisotopic (exact) mass is 316 g/mol. The zero-order chi connectivity index (χ0) is 16.1. The Morgan fingerprint density at radius 1 is 1.10 bits per heavy atom. The second kappa shape index (κ2) is 6.66. The molecule has 1 amide bonds. The van der Waals surface area contributed by atoms with E-state index in [1.54, 1.807) is 0 Å². The van der Waals surface area contributed by atoms with Gasteiger partial charge in [-0.05, 0) is 12.1 Å². The first-order valence-electron chi connectivity index (χ1n) is 5.45. The summed E-state index contributed by atoms with van der Waals surface area (Å²) in [6, 6.07) is 4.29. The summed E-state index contributed by atoms with van der Waals surface area (Å²) in [6.45, 7) is -2.57. The minimum atomic E-state index is -4.64. The molecule has 0 saturated carbocycles. The maximum absolute atomic E-state index is 12.6. The van der Waals surface area contributed by atoms with Gasteiger partial charge in [0.1, 0.15) is 13.2 Å². The Morgan fingerprint density at radius 2 is 1.71 bits per heavy atom. The molecule has 0 bridgehead atoms. The van der Waals surface area contributed by atoms with Crippen molar-refractivity contribution in [3.63, 3.8) is 0 Å². The van der Waals surface area contributed by atoms with Gasteiger partial charge in [-0.1, -0.05) is 12.1 Å². The van der Waals surface area contributed by atoms with Crippen LogP contribution in [0.4, 0.5) is 32.0 Å². The van der Waals surface area contributed by atoms with Gasteiger partial charge in [0.25, 0.3) is 5.91 Å². The van der Waals surface area contributed by atoms with E-state index in [0.717, 1.165) is 18.2 Å². The Labute approximate surface area is 115 Å². The number of carbonyl (C=O) groups excluding carboxylic acids is 1. The van der Waals surface area contributed by atoms with Crippen LogP contribution in [0.15, 0.2) is 24.3 Å².